The van der Waals surface area contributed by atoms with Gasteiger partial charge in [0.2, 0.25) is 0 Å². The fourth-order valence-electron chi connectivity index (χ4n) is 2.38. The van der Waals surface area contributed by atoms with E-state index < -0.39 is 0 Å². The van der Waals surface area contributed by atoms with E-state index in [2.05, 4.69) is 4.98 Å². The SMILES string of the molecule is NCC1CCCC1n1c(=O)cc[nH]c1=O. The molecule has 1 heterocycles. The normalized spacial score (nSPS) is 25.7. The second-order valence-electron chi connectivity index (χ2n) is 3.99. The van der Waals surface area contributed by atoms with E-state index in [1.54, 1.807) is 0 Å². The third-order valence-corrected chi connectivity index (χ3v) is 3.14. The van der Waals surface area contributed by atoms with Gasteiger partial charge in [-0.15, -0.1) is 0 Å². The van der Waals surface area contributed by atoms with Crippen molar-refractivity contribution in [2.45, 2.75) is 25.3 Å². The van der Waals surface area contributed by atoms with E-state index in [1.165, 1.54) is 16.8 Å². The molecule has 0 amide bonds. The Bertz CT molecular complexity index is 420. The van der Waals surface area contributed by atoms with Gasteiger partial charge in [0, 0.05) is 18.3 Å². The van der Waals surface area contributed by atoms with Crippen LogP contribution in [0.5, 0.6) is 0 Å². The number of hydrogen-bond acceptors (Lipinski definition) is 3. The van der Waals surface area contributed by atoms with Crippen molar-refractivity contribution in [2.24, 2.45) is 11.7 Å². The van der Waals surface area contributed by atoms with Crippen molar-refractivity contribution >= 4 is 0 Å². The summed E-state index contributed by atoms with van der Waals surface area (Å²) in [7, 11) is 0. The summed E-state index contributed by atoms with van der Waals surface area (Å²) in [6, 6.07) is 1.36. The molecule has 0 bridgehead atoms. The Kier molecular flexibility index (Phi) is 2.73. The highest BCUT2D eigenvalue weighted by atomic mass is 16.2. The molecular weight excluding hydrogens is 194 g/mol. The van der Waals surface area contributed by atoms with Crippen molar-refractivity contribution < 1.29 is 0 Å². The van der Waals surface area contributed by atoms with Crippen molar-refractivity contribution in [3.8, 4) is 0 Å². The number of nitrogens with one attached hydrogen (secondary N) is 1. The van der Waals surface area contributed by atoms with E-state index in [0.29, 0.717) is 6.54 Å². The molecule has 1 aliphatic rings. The molecule has 5 heteroatoms. The zero-order valence-electron chi connectivity index (χ0n) is 8.48. The highest BCUT2D eigenvalue weighted by Gasteiger charge is 2.29. The van der Waals surface area contributed by atoms with Crippen LogP contribution < -0.4 is 17.0 Å². The van der Waals surface area contributed by atoms with Crippen molar-refractivity contribution in [3.63, 3.8) is 0 Å². The molecule has 1 aromatic heterocycles. The van der Waals surface area contributed by atoms with Crippen molar-refractivity contribution in [1.82, 2.24) is 9.55 Å². The maximum absolute atomic E-state index is 11.6. The Labute approximate surface area is 86.9 Å². The highest BCUT2D eigenvalue weighted by molar-refractivity contribution is 4.91. The summed E-state index contributed by atoms with van der Waals surface area (Å²) >= 11 is 0. The molecule has 0 spiro atoms. The molecule has 1 saturated carbocycles. The van der Waals surface area contributed by atoms with Crippen LogP contribution in [0.15, 0.2) is 21.9 Å². The van der Waals surface area contributed by atoms with Gasteiger partial charge in [0.15, 0.2) is 0 Å². The molecule has 1 aliphatic carbocycles. The molecule has 2 unspecified atom stereocenters. The smallest absolute Gasteiger partial charge is 0.328 e. The van der Waals surface area contributed by atoms with Crippen LogP contribution in [0.2, 0.25) is 0 Å². The molecule has 5 nitrogen and oxygen atoms in total. The number of nitrogens with two attached hydrogens (primary N) is 1. The third kappa shape index (κ3) is 1.74. The first-order chi connectivity index (χ1) is 7.24. The number of nitrogens with zero attached hydrogens (tertiary/aromatic N) is 1. The van der Waals surface area contributed by atoms with E-state index in [-0.39, 0.29) is 23.2 Å². The minimum Gasteiger partial charge on any atom is -0.330 e. The average Bonchev–Trinajstić information content (AvgIpc) is 2.65. The zero-order chi connectivity index (χ0) is 10.8. The molecule has 0 aliphatic heterocycles. The summed E-state index contributed by atoms with van der Waals surface area (Å²) < 4.78 is 1.31. The number of H-pyrrole nitrogens is 1. The lowest BCUT2D eigenvalue weighted by atomic mass is 10.0. The van der Waals surface area contributed by atoms with Crippen LogP contribution in [-0.2, 0) is 0 Å². The summed E-state index contributed by atoms with van der Waals surface area (Å²) in [6.45, 7) is 0.533. The maximum Gasteiger partial charge on any atom is 0.328 e. The lowest BCUT2D eigenvalue weighted by Crippen LogP contribution is -2.39. The zero-order valence-corrected chi connectivity index (χ0v) is 8.48. The minimum atomic E-state index is -0.326. The second-order valence-corrected chi connectivity index (χ2v) is 3.99. The molecule has 0 radical (unpaired) electrons. The van der Waals surface area contributed by atoms with Gasteiger partial charge in [-0.05, 0) is 25.3 Å². The van der Waals surface area contributed by atoms with Gasteiger partial charge in [-0.25, -0.2) is 4.79 Å². The molecule has 1 fully saturated rings. The Morgan fingerprint density at radius 2 is 2.27 bits per heavy atom. The predicted molar refractivity (Wildman–Crippen MR) is 56.8 cm³/mol. The van der Waals surface area contributed by atoms with Crippen molar-refractivity contribution in [2.75, 3.05) is 6.54 Å². The summed E-state index contributed by atoms with van der Waals surface area (Å²) in [5.41, 5.74) is 5.08. The van der Waals surface area contributed by atoms with Gasteiger partial charge in [0.25, 0.3) is 5.56 Å². The fraction of sp³-hybridized carbons (Fsp3) is 0.600. The Hall–Kier alpha value is -1.36. The molecule has 1 aromatic rings. The summed E-state index contributed by atoms with van der Waals surface area (Å²) in [5.74, 6) is 0.256. The number of hydrogen-bond donors (Lipinski definition) is 2. The molecule has 0 saturated heterocycles. The van der Waals surface area contributed by atoms with Gasteiger partial charge in [-0.2, -0.15) is 0 Å². The Morgan fingerprint density at radius 3 is 2.93 bits per heavy atom. The first-order valence-corrected chi connectivity index (χ1v) is 5.24. The Balaban J connectivity index is 2.45. The molecule has 3 N–H and O–H groups in total. The van der Waals surface area contributed by atoms with Crippen LogP contribution >= 0.6 is 0 Å². The number of aromatic nitrogens is 2. The summed E-state index contributed by atoms with van der Waals surface area (Å²) in [6.07, 6.45) is 4.29. The van der Waals surface area contributed by atoms with E-state index in [9.17, 15) is 9.59 Å². The van der Waals surface area contributed by atoms with Gasteiger partial charge in [-0.1, -0.05) is 6.42 Å². The molecule has 2 rings (SSSR count). The van der Waals surface area contributed by atoms with Crippen molar-refractivity contribution in [3.05, 3.63) is 33.1 Å². The number of rotatable bonds is 2. The van der Waals surface area contributed by atoms with Crippen LogP contribution in [0.1, 0.15) is 25.3 Å². The third-order valence-electron chi connectivity index (χ3n) is 3.14. The van der Waals surface area contributed by atoms with Crippen LogP contribution in [-0.4, -0.2) is 16.1 Å². The highest BCUT2D eigenvalue weighted by Crippen LogP contribution is 2.32. The molecule has 0 aromatic carbocycles. The minimum absolute atomic E-state index is 0.0209. The first-order valence-electron chi connectivity index (χ1n) is 5.24. The molecule has 15 heavy (non-hydrogen) atoms. The summed E-state index contributed by atoms with van der Waals surface area (Å²) in [5, 5.41) is 0. The van der Waals surface area contributed by atoms with Gasteiger partial charge < -0.3 is 10.7 Å². The first kappa shape index (κ1) is 10.2. The van der Waals surface area contributed by atoms with Crippen LogP contribution in [0.3, 0.4) is 0 Å². The maximum atomic E-state index is 11.6. The van der Waals surface area contributed by atoms with Gasteiger partial charge >= 0.3 is 5.69 Å². The molecule has 82 valence electrons. The standard InChI is InChI=1S/C10H15N3O2/c11-6-7-2-1-3-8(7)13-9(14)4-5-12-10(13)15/h4-5,7-8H,1-3,6,11H2,(H,12,15). The quantitative estimate of drug-likeness (QED) is 0.710. The summed E-state index contributed by atoms with van der Waals surface area (Å²) in [4.78, 5) is 25.7. The average molecular weight is 209 g/mol. The van der Waals surface area contributed by atoms with Crippen LogP contribution in [0.25, 0.3) is 0 Å². The monoisotopic (exact) mass is 209 g/mol. The second kappa shape index (κ2) is 4.02. The van der Waals surface area contributed by atoms with Gasteiger partial charge in [0.1, 0.15) is 0 Å². The Morgan fingerprint density at radius 1 is 1.47 bits per heavy atom. The van der Waals surface area contributed by atoms with Crippen LogP contribution in [0.4, 0.5) is 0 Å². The molecular formula is C10H15N3O2. The van der Waals surface area contributed by atoms with E-state index in [4.69, 9.17) is 5.73 Å². The lowest BCUT2D eigenvalue weighted by Gasteiger charge is -2.18. The van der Waals surface area contributed by atoms with Crippen molar-refractivity contribution in [1.29, 1.82) is 0 Å². The predicted octanol–water partition coefficient (Wildman–Crippen LogP) is -0.164. The number of aromatic amines is 1. The largest absolute Gasteiger partial charge is 0.330 e. The van der Waals surface area contributed by atoms with Crippen LogP contribution in [0, 0.1) is 5.92 Å². The lowest BCUT2D eigenvalue weighted by molar-refractivity contribution is 0.366. The van der Waals surface area contributed by atoms with Gasteiger partial charge in [-0.3, -0.25) is 9.36 Å². The van der Waals surface area contributed by atoms with E-state index >= 15 is 0 Å². The fourth-order valence-corrected chi connectivity index (χ4v) is 2.38. The van der Waals surface area contributed by atoms with Gasteiger partial charge in [0.05, 0.1) is 0 Å². The van der Waals surface area contributed by atoms with E-state index in [1.807, 2.05) is 0 Å². The molecule has 2 atom stereocenters. The van der Waals surface area contributed by atoms with E-state index in [0.717, 1.165) is 19.3 Å². The topological polar surface area (TPSA) is 80.9 Å².